The maximum atomic E-state index is 13.1. The molecule has 2 heterocycles. The van der Waals surface area contributed by atoms with Crippen LogP contribution in [0, 0.1) is 0 Å². The molecular formula is C25H24N4O6. The number of rotatable bonds is 8. The second-order valence-corrected chi connectivity index (χ2v) is 8.03. The first-order valence-corrected chi connectivity index (χ1v) is 10.8. The van der Waals surface area contributed by atoms with Crippen LogP contribution in [0.1, 0.15) is 28.6 Å². The summed E-state index contributed by atoms with van der Waals surface area (Å²) in [6.07, 6.45) is 1.51. The number of hydrogen-bond donors (Lipinski definition) is 3. The number of methoxy groups -OCH3 is 1. The van der Waals surface area contributed by atoms with Crippen LogP contribution in [0.3, 0.4) is 0 Å². The number of nitrogens with one attached hydrogen (secondary N) is 3. The summed E-state index contributed by atoms with van der Waals surface area (Å²) in [6.45, 7) is 1.24. The van der Waals surface area contributed by atoms with Crippen LogP contribution in [-0.2, 0) is 21.7 Å². The molecule has 0 bridgehead atoms. The van der Waals surface area contributed by atoms with Gasteiger partial charge in [-0.2, -0.15) is 0 Å². The summed E-state index contributed by atoms with van der Waals surface area (Å²) >= 11 is 0. The van der Waals surface area contributed by atoms with Crippen LogP contribution in [0.15, 0.2) is 71.3 Å². The number of benzene rings is 2. The third kappa shape index (κ3) is 4.86. The van der Waals surface area contributed by atoms with E-state index >= 15 is 0 Å². The summed E-state index contributed by atoms with van der Waals surface area (Å²) in [4.78, 5) is 51.9. The Balaban J connectivity index is 1.43. The number of imide groups is 1. The van der Waals surface area contributed by atoms with Crippen LogP contribution in [0.2, 0.25) is 0 Å². The molecule has 35 heavy (non-hydrogen) atoms. The van der Waals surface area contributed by atoms with E-state index in [4.69, 9.17) is 9.15 Å². The Morgan fingerprint density at radius 1 is 1.06 bits per heavy atom. The van der Waals surface area contributed by atoms with Gasteiger partial charge in [-0.3, -0.25) is 19.3 Å². The normalized spacial score (nSPS) is 17.1. The lowest BCUT2D eigenvalue weighted by atomic mass is 9.92. The van der Waals surface area contributed by atoms with Crippen LogP contribution in [0.4, 0.5) is 10.5 Å². The molecule has 0 radical (unpaired) electrons. The Bertz CT molecular complexity index is 1260. The van der Waals surface area contributed by atoms with Gasteiger partial charge >= 0.3 is 6.03 Å². The molecule has 0 saturated carbocycles. The third-order valence-corrected chi connectivity index (χ3v) is 5.69. The predicted octanol–water partition coefficient (Wildman–Crippen LogP) is 2.62. The van der Waals surface area contributed by atoms with Gasteiger partial charge in [0.1, 0.15) is 23.6 Å². The highest BCUT2D eigenvalue weighted by molar-refractivity contribution is 6.11. The Labute approximate surface area is 201 Å². The van der Waals surface area contributed by atoms with Crippen molar-refractivity contribution in [1.29, 1.82) is 0 Å². The maximum absolute atomic E-state index is 13.1. The maximum Gasteiger partial charge on any atom is 0.325 e. The number of amides is 5. The van der Waals surface area contributed by atoms with E-state index in [9.17, 15) is 19.2 Å². The lowest BCUT2D eigenvalue weighted by Crippen LogP contribution is -2.42. The van der Waals surface area contributed by atoms with Crippen LogP contribution in [0.5, 0.6) is 5.75 Å². The van der Waals surface area contributed by atoms with Gasteiger partial charge in [0.15, 0.2) is 0 Å². The average Bonchev–Trinajstić information content (AvgIpc) is 3.46. The molecule has 10 heteroatoms. The number of hydrogen-bond acceptors (Lipinski definition) is 6. The number of anilines is 1. The number of nitrogens with zero attached hydrogens (tertiary/aromatic N) is 1. The zero-order chi connectivity index (χ0) is 25.0. The lowest BCUT2D eigenvalue weighted by Gasteiger charge is -2.22. The molecule has 10 nitrogen and oxygen atoms in total. The highest BCUT2D eigenvalue weighted by Gasteiger charge is 2.49. The van der Waals surface area contributed by atoms with Crippen molar-refractivity contribution in [2.24, 2.45) is 0 Å². The fraction of sp³-hybridized carbons (Fsp3) is 0.200. The SMILES string of the molecule is COc1ccc([C@]2(C)NC(=O)N(CC(=O)Nc3ccccc3C(=O)NCc3ccco3)C2=O)cc1. The summed E-state index contributed by atoms with van der Waals surface area (Å²) in [5, 5.41) is 8.00. The Morgan fingerprint density at radius 3 is 2.49 bits per heavy atom. The minimum absolute atomic E-state index is 0.181. The van der Waals surface area contributed by atoms with Crippen molar-refractivity contribution in [3.63, 3.8) is 0 Å². The van der Waals surface area contributed by atoms with Gasteiger partial charge in [0.2, 0.25) is 5.91 Å². The number of ether oxygens (including phenoxy) is 1. The molecule has 1 aliphatic heterocycles. The molecule has 1 atom stereocenters. The largest absolute Gasteiger partial charge is 0.497 e. The van der Waals surface area contributed by atoms with E-state index in [2.05, 4.69) is 16.0 Å². The molecule has 1 saturated heterocycles. The second-order valence-electron chi connectivity index (χ2n) is 8.03. The molecule has 1 aromatic heterocycles. The van der Waals surface area contributed by atoms with Crippen molar-refractivity contribution in [3.8, 4) is 5.75 Å². The van der Waals surface area contributed by atoms with Crippen LogP contribution in [-0.4, -0.2) is 42.3 Å². The molecule has 0 unspecified atom stereocenters. The standard InChI is InChI=1S/C25H24N4O6/c1-25(16-9-11-17(34-2)12-10-16)23(32)29(24(33)28-25)15-21(30)27-20-8-4-3-7-19(20)22(31)26-14-18-6-5-13-35-18/h3-13H,14-15H2,1-2H3,(H,26,31)(H,27,30)(H,28,33)/t25-/m0/s1. The van der Waals surface area contributed by atoms with E-state index in [0.29, 0.717) is 17.1 Å². The minimum atomic E-state index is -1.33. The summed E-state index contributed by atoms with van der Waals surface area (Å²) in [6, 6.07) is 15.9. The van der Waals surface area contributed by atoms with E-state index in [1.165, 1.54) is 13.4 Å². The summed E-state index contributed by atoms with van der Waals surface area (Å²) in [5.74, 6) is -0.416. The van der Waals surface area contributed by atoms with Crippen molar-refractivity contribution in [2.45, 2.75) is 19.0 Å². The summed E-state index contributed by atoms with van der Waals surface area (Å²) in [5.41, 5.74) is -0.293. The van der Waals surface area contributed by atoms with Gasteiger partial charge in [-0.05, 0) is 48.9 Å². The summed E-state index contributed by atoms with van der Waals surface area (Å²) < 4.78 is 10.3. The monoisotopic (exact) mass is 476 g/mol. The van der Waals surface area contributed by atoms with Crippen molar-refractivity contribution in [1.82, 2.24) is 15.5 Å². The van der Waals surface area contributed by atoms with Gasteiger partial charge in [0, 0.05) is 0 Å². The molecule has 3 aromatic rings. The number of urea groups is 1. The fourth-order valence-electron chi connectivity index (χ4n) is 3.76. The number of furan rings is 1. The fourth-order valence-corrected chi connectivity index (χ4v) is 3.76. The Morgan fingerprint density at radius 2 is 1.80 bits per heavy atom. The van der Waals surface area contributed by atoms with E-state index in [1.807, 2.05) is 0 Å². The lowest BCUT2D eigenvalue weighted by molar-refractivity contribution is -0.133. The van der Waals surface area contributed by atoms with Gasteiger partial charge in [-0.15, -0.1) is 0 Å². The summed E-state index contributed by atoms with van der Waals surface area (Å²) in [7, 11) is 1.53. The number of carbonyl (C=O) groups is 4. The molecule has 4 rings (SSSR count). The van der Waals surface area contributed by atoms with Crippen LogP contribution < -0.4 is 20.7 Å². The van der Waals surface area contributed by atoms with E-state index < -0.39 is 35.8 Å². The quantitative estimate of drug-likeness (QED) is 0.429. The van der Waals surface area contributed by atoms with E-state index in [0.717, 1.165) is 4.90 Å². The van der Waals surface area contributed by atoms with Gasteiger partial charge in [-0.1, -0.05) is 24.3 Å². The van der Waals surface area contributed by atoms with Crippen molar-refractivity contribution in [3.05, 3.63) is 83.8 Å². The van der Waals surface area contributed by atoms with Gasteiger partial charge in [-0.25, -0.2) is 4.79 Å². The average molecular weight is 476 g/mol. The molecule has 0 spiro atoms. The molecule has 3 N–H and O–H groups in total. The second kappa shape index (κ2) is 9.72. The molecule has 5 amide bonds. The van der Waals surface area contributed by atoms with E-state index in [1.54, 1.807) is 67.6 Å². The van der Waals surface area contributed by atoms with Crippen LogP contribution in [0.25, 0.3) is 0 Å². The van der Waals surface area contributed by atoms with E-state index in [-0.39, 0.29) is 17.8 Å². The molecule has 1 aliphatic rings. The zero-order valence-electron chi connectivity index (χ0n) is 19.2. The highest BCUT2D eigenvalue weighted by atomic mass is 16.5. The Hall–Kier alpha value is -4.60. The van der Waals surface area contributed by atoms with Crippen molar-refractivity contribution in [2.75, 3.05) is 19.0 Å². The molecule has 0 aliphatic carbocycles. The molecule has 180 valence electrons. The van der Waals surface area contributed by atoms with Gasteiger partial charge in [0.25, 0.3) is 11.8 Å². The topological polar surface area (TPSA) is 130 Å². The third-order valence-electron chi connectivity index (χ3n) is 5.69. The first kappa shape index (κ1) is 23.6. The van der Waals surface area contributed by atoms with Gasteiger partial charge < -0.3 is 25.1 Å². The first-order chi connectivity index (χ1) is 16.8. The zero-order valence-corrected chi connectivity index (χ0v) is 19.2. The molecular weight excluding hydrogens is 452 g/mol. The molecule has 1 fully saturated rings. The minimum Gasteiger partial charge on any atom is -0.497 e. The van der Waals surface area contributed by atoms with Crippen LogP contribution >= 0.6 is 0 Å². The predicted molar refractivity (Wildman–Crippen MR) is 126 cm³/mol. The van der Waals surface area contributed by atoms with Crippen molar-refractivity contribution < 1.29 is 28.3 Å². The highest BCUT2D eigenvalue weighted by Crippen LogP contribution is 2.30. The smallest absolute Gasteiger partial charge is 0.325 e. The Kier molecular flexibility index (Phi) is 6.54. The number of carbonyl (C=O) groups excluding carboxylic acids is 4. The van der Waals surface area contributed by atoms with Gasteiger partial charge in [0.05, 0.1) is 31.2 Å². The first-order valence-electron chi connectivity index (χ1n) is 10.8. The van der Waals surface area contributed by atoms with Crippen molar-refractivity contribution >= 4 is 29.4 Å². The molecule has 2 aromatic carbocycles. The number of para-hydroxylation sites is 1.